The van der Waals surface area contributed by atoms with E-state index in [2.05, 4.69) is 48.7 Å². The third-order valence-electron chi connectivity index (χ3n) is 12.2. The van der Waals surface area contributed by atoms with Gasteiger partial charge in [-0.2, -0.15) is 0 Å². The maximum absolute atomic E-state index is 14.6. The number of halogens is 1. The summed E-state index contributed by atoms with van der Waals surface area (Å²) in [4.78, 5) is 21.7. The lowest BCUT2D eigenvalue weighted by atomic mass is 9.68. The predicted molar refractivity (Wildman–Crippen MR) is 179 cm³/mol. The zero-order valence-electron chi connectivity index (χ0n) is 28.4. The Morgan fingerprint density at radius 1 is 1.02 bits per heavy atom. The van der Waals surface area contributed by atoms with Crippen molar-refractivity contribution in [1.29, 1.82) is 0 Å². The number of aromatic nitrogens is 5. The van der Waals surface area contributed by atoms with E-state index in [1.165, 1.54) is 44.4 Å². The Morgan fingerprint density at radius 2 is 1.81 bits per heavy atom. The minimum absolute atomic E-state index is 0.254. The number of nitrogens with zero attached hydrogens (tertiary/aromatic N) is 8. The number of rotatable bonds is 9. The van der Waals surface area contributed by atoms with Gasteiger partial charge in [-0.25, -0.2) is 19.3 Å². The highest BCUT2D eigenvalue weighted by Gasteiger charge is 2.54. The molecule has 2 aromatic heterocycles. The Labute approximate surface area is 282 Å². The van der Waals surface area contributed by atoms with Gasteiger partial charge in [0, 0.05) is 91.8 Å². The topological polar surface area (TPSA) is 92.6 Å². The number of ether oxygens (including phenoxy) is 2. The molecule has 1 aromatic carbocycles. The van der Waals surface area contributed by atoms with Gasteiger partial charge < -0.3 is 14.4 Å². The van der Waals surface area contributed by atoms with Gasteiger partial charge in [-0.05, 0) is 69.1 Å². The Morgan fingerprint density at radius 3 is 2.56 bits per heavy atom. The number of anilines is 1. The summed E-state index contributed by atoms with van der Waals surface area (Å²) in [6.07, 6.45) is 9.25. The number of aryl methyl sites for hydroxylation is 1. The molecule has 4 saturated heterocycles. The molecule has 3 aromatic rings. The quantitative estimate of drug-likeness (QED) is 0.301. The van der Waals surface area contributed by atoms with Gasteiger partial charge in [0.15, 0.2) is 5.82 Å². The highest BCUT2D eigenvalue weighted by molar-refractivity contribution is 5.73. The standard InChI is InChI=1S/C37H47FN8O2/c1-22(2)34(25-10-29(11-25)45-14-26-16-47-17-27(26)15-45)46-19-37(20-46)8-9-44(18-37)35-36(43-41-21-40-35)48-32-7-6-28(38)12-30(32)31-13-39-23(3)42-33(31)24-4-5-24/h6-7,12-13,21-22,24-27,29,34H,4-5,8-11,14-20H2,1-3H3/t25?,26?,27?,29?,34-/m0/s1. The molecule has 6 heterocycles. The summed E-state index contributed by atoms with van der Waals surface area (Å²) < 4.78 is 26.8. The Hall–Kier alpha value is -3.28. The van der Waals surface area contributed by atoms with Crippen molar-refractivity contribution in [1.82, 2.24) is 34.9 Å². The first kappa shape index (κ1) is 30.8. The summed E-state index contributed by atoms with van der Waals surface area (Å²) >= 11 is 0. The van der Waals surface area contributed by atoms with Crippen molar-refractivity contribution in [3.63, 3.8) is 0 Å². The van der Waals surface area contributed by atoms with Gasteiger partial charge in [0.05, 0.1) is 18.9 Å². The molecular weight excluding hydrogens is 607 g/mol. The van der Waals surface area contributed by atoms with Crippen LogP contribution in [-0.4, -0.2) is 99.5 Å². The molecule has 0 radical (unpaired) electrons. The third-order valence-corrected chi connectivity index (χ3v) is 12.2. The van der Waals surface area contributed by atoms with Gasteiger partial charge in [0.25, 0.3) is 5.88 Å². The van der Waals surface area contributed by atoms with E-state index in [1.54, 1.807) is 12.3 Å². The second kappa shape index (κ2) is 11.9. The largest absolute Gasteiger partial charge is 0.434 e. The maximum Gasteiger partial charge on any atom is 0.282 e. The normalized spacial score (nSPS) is 28.9. The molecule has 0 bridgehead atoms. The molecular formula is C37H47FN8O2. The first-order chi connectivity index (χ1) is 23.3. The molecule has 10 nitrogen and oxygen atoms in total. The van der Waals surface area contributed by atoms with Gasteiger partial charge in [0.1, 0.15) is 23.7 Å². The smallest absolute Gasteiger partial charge is 0.282 e. The fraction of sp³-hybridized carbons (Fsp3) is 0.649. The summed E-state index contributed by atoms with van der Waals surface area (Å²) in [6.45, 7) is 15.2. The van der Waals surface area contributed by atoms with Gasteiger partial charge in [0.2, 0.25) is 0 Å². The van der Waals surface area contributed by atoms with Gasteiger partial charge in [-0.3, -0.25) is 9.80 Å². The van der Waals surface area contributed by atoms with Crippen LogP contribution in [0.15, 0.2) is 30.7 Å². The molecule has 2 unspecified atom stereocenters. The van der Waals surface area contributed by atoms with Crippen LogP contribution in [0.1, 0.15) is 63.4 Å². The molecule has 9 rings (SSSR count). The van der Waals surface area contributed by atoms with E-state index in [0.717, 1.165) is 93.7 Å². The molecule has 48 heavy (non-hydrogen) atoms. The van der Waals surface area contributed by atoms with Crippen molar-refractivity contribution in [3.8, 4) is 22.8 Å². The molecule has 254 valence electrons. The number of fused-ring (bicyclic) bond motifs is 1. The number of likely N-dealkylation sites (tertiary alicyclic amines) is 2. The zero-order valence-corrected chi connectivity index (χ0v) is 28.4. The van der Waals surface area contributed by atoms with Crippen molar-refractivity contribution in [2.24, 2.45) is 29.1 Å². The summed E-state index contributed by atoms with van der Waals surface area (Å²) in [7, 11) is 0. The minimum Gasteiger partial charge on any atom is -0.434 e. The van der Waals surface area contributed by atoms with Crippen LogP contribution in [0.3, 0.4) is 0 Å². The lowest BCUT2D eigenvalue weighted by Crippen LogP contribution is -2.65. The lowest BCUT2D eigenvalue weighted by Gasteiger charge is -2.57. The molecule has 0 N–H and O–H groups in total. The molecule has 2 aliphatic carbocycles. The van der Waals surface area contributed by atoms with E-state index in [1.807, 2.05) is 6.92 Å². The highest BCUT2D eigenvalue weighted by Crippen LogP contribution is 2.49. The summed E-state index contributed by atoms with van der Waals surface area (Å²) in [6, 6.07) is 6.00. The predicted octanol–water partition coefficient (Wildman–Crippen LogP) is 5.34. The van der Waals surface area contributed by atoms with Crippen LogP contribution in [-0.2, 0) is 4.74 Å². The minimum atomic E-state index is -0.334. The van der Waals surface area contributed by atoms with Crippen molar-refractivity contribution in [3.05, 3.63) is 48.1 Å². The van der Waals surface area contributed by atoms with E-state index >= 15 is 0 Å². The summed E-state index contributed by atoms with van der Waals surface area (Å²) in [5.41, 5.74) is 2.64. The average molecular weight is 655 g/mol. The van der Waals surface area contributed by atoms with Crippen LogP contribution in [0.25, 0.3) is 11.1 Å². The first-order valence-corrected chi connectivity index (χ1v) is 18.1. The highest BCUT2D eigenvalue weighted by atomic mass is 19.1. The molecule has 0 amide bonds. The van der Waals surface area contributed by atoms with Gasteiger partial charge in [-0.1, -0.05) is 13.8 Å². The van der Waals surface area contributed by atoms with Crippen molar-refractivity contribution in [2.45, 2.75) is 70.9 Å². The van der Waals surface area contributed by atoms with Crippen LogP contribution in [0, 0.1) is 41.8 Å². The van der Waals surface area contributed by atoms with E-state index in [9.17, 15) is 4.39 Å². The van der Waals surface area contributed by atoms with Gasteiger partial charge in [-0.15, -0.1) is 10.2 Å². The Kier molecular flexibility index (Phi) is 7.66. The number of benzene rings is 1. The molecule has 6 aliphatic rings. The number of hydrogen-bond acceptors (Lipinski definition) is 10. The average Bonchev–Trinajstić information content (AvgIpc) is 3.43. The van der Waals surface area contributed by atoms with E-state index < -0.39 is 0 Å². The van der Waals surface area contributed by atoms with Crippen LogP contribution in [0.4, 0.5) is 10.2 Å². The second-order valence-corrected chi connectivity index (χ2v) is 16.0. The van der Waals surface area contributed by atoms with Crippen molar-refractivity contribution < 1.29 is 13.9 Å². The van der Waals surface area contributed by atoms with Gasteiger partial charge >= 0.3 is 0 Å². The van der Waals surface area contributed by atoms with E-state index in [-0.39, 0.29) is 11.2 Å². The maximum atomic E-state index is 14.6. The van der Waals surface area contributed by atoms with Crippen molar-refractivity contribution >= 4 is 5.82 Å². The van der Waals surface area contributed by atoms with Crippen LogP contribution in [0.5, 0.6) is 11.6 Å². The van der Waals surface area contributed by atoms with Crippen LogP contribution in [0.2, 0.25) is 0 Å². The van der Waals surface area contributed by atoms with E-state index in [4.69, 9.17) is 14.5 Å². The monoisotopic (exact) mass is 654 g/mol. The summed E-state index contributed by atoms with van der Waals surface area (Å²) in [5, 5.41) is 8.48. The SMILES string of the molecule is Cc1ncc(-c2cc(F)ccc2Oc2nncnc2N2CCC3(C2)CN([C@@H](C(C)C)C2CC(N4CC5COCC5C4)C2)C3)c(C2CC2)n1. The second-order valence-electron chi connectivity index (χ2n) is 16.0. The Bertz CT molecular complexity index is 1660. The molecule has 3 atom stereocenters. The van der Waals surface area contributed by atoms with E-state index in [0.29, 0.717) is 46.7 Å². The molecule has 11 heteroatoms. The fourth-order valence-corrected chi connectivity index (χ4v) is 9.70. The number of hydrogen-bond donors (Lipinski definition) is 0. The molecule has 4 aliphatic heterocycles. The summed E-state index contributed by atoms with van der Waals surface area (Å²) in [5.74, 6) is 5.26. The zero-order chi connectivity index (χ0) is 32.6. The fourth-order valence-electron chi connectivity index (χ4n) is 9.70. The Balaban J connectivity index is 0.875. The van der Waals surface area contributed by atoms with Crippen LogP contribution >= 0.6 is 0 Å². The molecule has 1 spiro atoms. The molecule has 2 saturated carbocycles. The van der Waals surface area contributed by atoms with Crippen molar-refractivity contribution in [2.75, 3.05) is 57.4 Å². The lowest BCUT2D eigenvalue weighted by molar-refractivity contribution is -0.0792. The molecule has 6 fully saturated rings. The first-order valence-electron chi connectivity index (χ1n) is 18.1. The third kappa shape index (κ3) is 5.55. The van der Waals surface area contributed by atoms with Crippen LogP contribution < -0.4 is 9.64 Å².